The Morgan fingerprint density at radius 3 is 2.52 bits per heavy atom. The minimum absolute atomic E-state index is 0.0216. The van der Waals surface area contributed by atoms with Gasteiger partial charge in [-0.3, -0.25) is 4.79 Å². The molecule has 1 aromatic carbocycles. The number of carbonyl (C=O) groups is 1. The third kappa shape index (κ3) is 4.14. The van der Waals surface area contributed by atoms with E-state index in [4.69, 9.17) is 0 Å². The predicted octanol–water partition coefficient (Wildman–Crippen LogP) is 5.11. The number of alkyl halides is 3. The van der Waals surface area contributed by atoms with Crippen molar-refractivity contribution in [2.45, 2.75) is 25.4 Å². The molecule has 0 bridgehead atoms. The van der Waals surface area contributed by atoms with E-state index >= 15 is 0 Å². The fourth-order valence-corrected chi connectivity index (χ4v) is 2.69. The second kappa shape index (κ2) is 6.39. The molecular weight excluding hydrogens is 304 g/mol. The van der Waals surface area contributed by atoms with Crippen LogP contribution in [-0.4, -0.2) is 5.78 Å². The lowest BCUT2D eigenvalue weighted by atomic mass is 10.0. The summed E-state index contributed by atoms with van der Waals surface area (Å²) in [6.07, 6.45) is -3.25. The van der Waals surface area contributed by atoms with Crippen LogP contribution in [0.3, 0.4) is 0 Å². The Balaban J connectivity index is 1.98. The number of ketones is 1. The minimum atomic E-state index is -4.75. The SMILES string of the molecule is O=C(CCCc1cccs1)c1ccc(C(F)(F)F)c(F)c1. The molecule has 0 unspecified atom stereocenters. The van der Waals surface area contributed by atoms with Gasteiger partial charge < -0.3 is 0 Å². The maximum atomic E-state index is 13.4. The van der Waals surface area contributed by atoms with Gasteiger partial charge in [0.25, 0.3) is 0 Å². The summed E-state index contributed by atoms with van der Waals surface area (Å²) >= 11 is 1.58. The maximum absolute atomic E-state index is 13.4. The fourth-order valence-electron chi connectivity index (χ4n) is 1.94. The second-order valence-electron chi connectivity index (χ2n) is 4.55. The van der Waals surface area contributed by atoms with Crippen molar-refractivity contribution in [1.82, 2.24) is 0 Å². The lowest BCUT2D eigenvalue weighted by molar-refractivity contribution is -0.140. The monoisotopic (exact) mass is 316 g/mol. The highest BCUT2D eigenvalue weighted by Crippen LogP contribution is 2.31. The van der Waals surface area contributed by atoms with Crippen molar-refractivity contribution >= 4 is 17.1 Å². The molecule has 0 saturated heterocycles. The molecule has 1 heterocycles. The molecule has 1 nitrogen and oxygen atoms in total. The van der Waals surface area contributed by atoms with Crippen molar-refractivity contribution in [2.24, 2.45) is 0 Å². The summed E-state index contributed by atoms with van der Waals surface area (Å²) in [5, 5.41) is 1.93. The van der Waals surface area contributed by atoms with Crippen molar-refractivity contribution in [1.29, 1.82) is 0 Å². The van der Waals surface area contributed by atoms with E-state index in [1.165, 1.54) is 0 Å². The largest absolute Gasteiger partial charge is 0.419 e. The number of hydrogen-bond acceptors (Lipinski definition) is 2. The summed E-state index contributed by atoms with van der Waals surface area (Å²) in [5.74, 6) is -1.76. The lowest BCUT2D eigenvalue weighted by Crippen LogP contribution is -2.09. The highest BCUT2D eigenvalue weighted by Gasteiger charge is 2.34. The zero-order valence-corrected chi connectivity index (χ0v) is 11.7. The third-order valence-corrected chi connectivity index (χ3v) is 3.94. The van der Waals surface area contributed by atoms with Crippen molar-refractivity contribution in [3.05, 3.63) is 57.5 Å². The Hall–Kier alpha value is -1.69. The molecule has 1 aromatic heterocycles. The number of carbonyl (C=O) groups excluding carboxylic acids is 1. The molecule has 0 N–H and O–H groups in total. The van der Waals surface area contributed by atoms with Crippen molar-refractivity contribution < 1.29 is 22.4 Å². The van der Waals surface area contributed by atoms with E-state index < -0.39 is 17.6 Å². The van der Waals surface area contributed by atoms with Gasteiger partial charge in [-0.1, -0.05) is 12.1 Å². The van der Waals surface area contributed by atoms with E-state index in [-0.39, 0.29) is 17.8 Å². The van der Waals surface area contributed by atoms with E-state index in [0.29, 0.717) is 18.6 Å². The normalized spacial score (nSPS) is 11.6. The molecule has 0 aliphatic rings. The highest BCUT2D eigenvalue weighted by molar-refractivity contribution is 7.09. The van der Waals surface area contributed by atoms with E-state index in [1.54, 1.807) is 11.3 Å². The first-order valence-corrected chi connectivity index (χ1v) is 7.18. The molecule has 0 spiro atoms. The first kappa shape index (κ1) is 15.7. The molecule has 2 aromatic rings. The van der Waals surface area contributed by atoms with Gasteiger partial charge in [-0.25, -0.2) is 4.39 Å². The summed E-state index contributed by atoms with van der Waals surface area (Å²) in [5.41, 5.74) is -1.37. The summed E-state index contributed by atoms with van der Waals surface area (Å²) < 4.78 is 50.6. The number of Topliss-reactive ketones (excluding diaryl/α,β-unsaturated/α-hetero) is 1. The van der Waals surface area contributed by atoms with E-state index in [1.807, 2.05) is 17.5 Å². The van der Waals surface area contributed by atoms with Gasteiger partial charge in [0.15, 0.2) is 5.78 Å². The Kier molecular flexibility index (Phi) is 4.77. The Labute approximate surface area is 123 Å². The first-order chi connectivity index (χ1) is 9.88. The molecule has 0 amide bonds. The van der Waals surface area contributed by atoms with Crippen LogP contribution in [0.25, 0.3) is 0 Å². The van der Waals surface area contributed by atoms with Gasteiger partial charge in [0.05, 0.1) is 5.56 Å². The van der Waals surface area contributed by atoms with E-state index in [0.717, 1.165) is 17.4 Å². The topological polar surface area (TPSA) is 17.1 Å². The number of benzene rings is 1. The van der Waals surface area contributed by atoms with Gasteiger partial charge in [-0.05, 0) is 36.4 Å². The van der Waals surface area contributed by atoms with E-state index in [2.05, 4.69) is 0 Å². The van der Waals surface area contributed by atoms with Gasteiger partial charge >= 0.3 is 6.18 Å². The average Bonchev–Trinajstić information content (AvgIpc) is 2.90. The summed E-state index contributed by atoms with van der Waals surface area (Å²) in [4.78, 5) is 13.0. The van der Waals surface area contributed by atoms with Gasteiger partial charge in [-0.15, -0.1) is 11.3 Å². The first-order valence-electron chi connectivity index (χ1n) is 6.30. The van der Waals surface area contributed by atoms with Crippen LogP contribution in [0.4, 0.5) is 17.6 Å². The molecule has 21 heavy (non-hydrogen) atoms. The molecule has 6 heteroatoms. The number of hydrogen-bond donors (Lipinski definition) is 0. The smallest absolute Gasteiger partial charge is 0.294 e. The van der Waals surface area contributed by atoms with Crippen LogP contribution >= 0.6 is 11.3 Å². The number of thiophene rings is 1. The molecule has 0 fully saturated rings. The zero-order chi connectivity index (χ0) is 15.5. The molecule has 0 radical (unpaired) electrons. The van der Waals surface area contributed by atoms with Crippen LogP contribution < -0.4 is 0 Å². The van der Waals surface area contributed by atoms with Gasteiger partial charge in [0, 0.05) is 16.9 Å². The third-order valence-electron chi connectivity index (χ3n) is 3.00. The van der Waals surface area contributed by atoms with Gasteiger partial charge in [-0.2, -0.15) is 13.2 Å². The summed E-state index contributed by atoms with van der Waals surface area (Å²) in [7, 11) is 0. The van der Waals surface area contributed by atoms with Crippen LogP contribution in [-0.2, 0) is 12.6 Å². The van der Waals surface area contributed by atoms with Crippen LogP contribution in [0.5, 0.6) is 0 Å². The van der Waals surface area contributed by atoms with Crippen LogP contribution in [0.2, 0.25) is 0 Å². The van der Waals surface area contributed by atoms with Gasteiger partial charge in [0.2, 0.25) is 0 Å². The molecule has 112 valence electrons. The Morgan fingerprint density at radius 2 is 1.95 bits per heavy atom. The molecule has 0 saturated carbocycles. The molecule has 0 aliphatic heterocycles. The van der Waals surface area contributed by atoms with Crippen LogP contribution in [0.1, 0.15) is 33.6 Å². The predicted molar refractivity (Wildman–Crippen MR) is 73.0 cm³/mol. The van der Waals surface area contributed by atoms with Crippen molar-refractivity contribution in [2.75, 3.05) is 0 Å². The standard InChI is InChI=1S/C15H12F4OS/c16-13-9-10(6-7-12(13)15(17,18)19)14(20)5-1-3-11-4-2-8-21-11/h2,4,6-9H,1,3,5H2. The minimum Gasteiger partial charge on any atom is -0.294 e. The molecule has 2 rings (SSSR count). The summed E-state index contributed by atoms with van der Waals surface area (Å²) in [6, 6.07) is 6.16. The average molecular weight is 316 g/mol. The second-order valence-corrected chi connectivity index (χ2v) is 5.58. The molecule has 0 atom stereocenters. The Bertz CT molecular complexity index is 617. The molecule has 0 aliphatic carbocycles. The summed E-state index contributed by atoms with van der Waals surface area (Å²) in [6.45, 7) is 0. The zero-order valence-electron chi connectivity index (χ0n) is 10.9. The maximum Gasteiger partial charge on any atom is 0.419 e. The Morgan fingerprint density at radius 1 is 1.19 bits per heavy atom. The van der Waals surface area contributed by atoms with Crippen molar-refractivity contribution in [3.8, 4) is 0 Å². The quantitative estimate of drug-likeness (QED) is 0.553. The van der Waals surface area contributed by atoms with Crippen LogP contribution in [0.15, 0.2) is 35.7 Å². The number of halogens is 4. The fraction of sp³-hybridized carbons (Fsp3) is 0.267. The molecular formula is C15H12F4OS. The number of aryl methyl sites for hydroxylation is 1. The van der Waals surface area contributed by atoms with Gasteiger partial charge in [0.1, 0.15) is 5.82 Å². The van der Waals surface area contributed by atoms with Crippen LogP contribution in [0, 0.1) is 5.82 Å². The lowest BCUT2D eigenvalue weighted by Gasteiger charge is -2.09. The van der Waals surface area contributed by atoms with Crippen molar-refractivity contribution in [3.63, 3.8) is 0 Å². The van der Waals surface area contributed by atoms with E-state index in [9.17, 15) is 22.4 Å². The highest BCUT2D eigenvalue weighted by atomic mass is 32.1. The number of rotatable bonds is 5.